The number of amides is 1. The minimum absolute atomic E-state index is 0.0547. The van der Waals surface area contributed by atoms with Crippen LogP contribution in [0.25, 0.3) is 10.9 Å². The Labute approximate surface area is 177 Å². The fraction of sp³-hybridized carbons (Fsp3) is 0.318. The highest BCUT2D eigenvalue weighted by Gasteiger charge is 2.38. The molecule has 1 saturated heterocycles. The van der Waals surface area contributed by atoms with Crippen molar-refractivity contribution < 1.29 is 14.3 Å². The first-order chi connectivity index (χ1) is 14.3. The second kappa shape index (κ2) is 8.16. The van der Waals surface area contributed by atoms with Crippen molar-refractivity contribution in [2.24, 2.45) is 0 Å². The number of carbonyl (C=O) groups excluding carboxylic acids is 1. The molecule has 1 atom stereocenters. The summed E-state index contributed by atoms with van der Waals surface area (Å²) < 4.78 is 14.4. The molecule has 0 aliphatic carbocycles. The number of benzene rings is 2. The Morgan fingerprint density at radius 1 is 1.23 bits per heavy atom. The zero-order valence-corrected chi connectivity index (χ0v) is 17.0. The Kier molecular flexibility index (Phi) is 5.58. The molecule has 2 aromatic carbocycles. The monoisotopic (exact) mass is 429 g/mol. The van der Waals surface area contributed by atoms with Crippen molar-refractivity contribution in [2.75, 3.05) is 13.1 Å². The molecule has 1 unspecified atom stereocenters. The molecular weight excluding hydrogens is 409 g/mol. The van der Waals surface area contributed by atoms with Gasteiger partial charge in [0.2, 0.25) is 5.91 Å². The van der Waals surface area contributed by atoms with Crippen molar-refractivity contribution >= 4 is 28.4 Å². The Hall–Kier alpha value is -2.77. The number of halogens is 2. The highest BCUT2D eigenvalue weighted by molar-refractivity contribution is 6.31. The van der Waals surface area contributed by atoms with E-state index >= 15 is 0 Å². The molecule has 4 rings (SSSR count). The van der Waals surface area contributed by atoms with Gasteiger partial charge in [0.15, 0.2) is 0 Å². The number of hydrogen-bond donors (Lipinski definition) is 1. The number of hydrogen-bond acceptors (Lipinski definition) is 4. The van der Waals surface area contributed by atoms with E-state index in [1.54, 1.807) is 35.2 Å². The maximum atomic E-state index is 13.0. The zero-order chi connectivity index (χ0) is 21.3. The summed E-state index contributed by atoms with van der Waals surface area (Å²) in [5.41, 5.74) is -0.0732. The van der Waals surface area contributed by atoms with Crippen LogP contribution in [-0.2, 0) is 17.8 Å². The lowest BCUT2D eigenvalue weighted by Crippen LogP contribution is -2.41. The van der Waals surface area contributed by atoms with Crippen LogP contribution in [0.15, 0.2) is 53.6 Å². The van der Waals surface area contributed by atoms with Gasteiger partial charge in [-0.2, -0.15) is 0 Å². The zero-order valence-electron chi connectivity index (χ0n) is 16.2. The number of carbonyl (C=O) groups is 1. The van der Waals surface area contributed by atoms with Gasteiger partial charge in [0.1, 0.15) is 11.4 Å². The maximum absolute atomic E-state index is 13.0. The first-order valence-electron chi connectivity index (χ1n) is 9.72. The van der Waals surface area contributed by atoms with E-state index in [0.717, 1.165) is 5.56 Å². The Morgan fingerprint density at radius 2 is 2.00 bits per heavy atom. The van der Waals surface area contributed by atoms with Gasteiger partial charge in [-0.15, -0.1) is 0 Å². The Bertz CT molecular complexity index is 1150. The van der Waals surface area contributed by atoms with Crippen molar-refractivity contribution in [2.45, 2.75) is 31.4 Å². The van der Waals surface area contributed by atoms with Gasteiger partial charge < -0.3 is 10.0 Å². The molecular formula is C22H21ClFN3O3. The van der Waals surface area contributed by atoms with Gasteiger partial charge in [-0.1, -0.05) is 23.7 Å². The van der Waals surface area contributed by atoms with E-state index in [2.05, 4.69) is 4.98 Å². The van der Waals surface area contributed by atoms with E-state index in [1.165, 1.54) is 23.0 Å². The topological polar surface area (TPSA) is 75.4 Å². The molecule has 8 heteroatoms. The number of aromatic nitrogens is 2. The average molecular weight is 430 g/mol. The normalized spacial score (nSPS) is 18.8. The Morgan fingerprint density at radius 3 is 2.77 bits per heavy atom. The van der Waals surface area contributed by atoms with Crippen molar-refractivity contribution in [1.29, 1.82) is 0 Å². The highest BCUT2D eigenvalue weighted by Crippen LogP contribution is 2.24. The molecule has 1 amide bonds. The van der Waals surface area contributed by atoms with Crippen LogP contribution >= 0.6 is 11.6 Å². The molecule has 3 aromatic rings. The van der Waals surface area contributed by atoms with E-state index in [-0.39, 0.29) is 36.8 Å². The van der Waals surface area contributed by atoms with Crippen LogP contribution in [0.4, 0.5) is 4.39 Å². The van der Waals surface area contributed by atoms with E-state index in [0.29, 0.717) is 35.3 Å². The number of aliphatic hydroxyl groups is 1. The lowest BCUT2D eigenvalue weighted by Gasteiger charge is -2.24. The van der Waals surface area contributed by atoms with Crippen molar-refractivity contribution in [3.8, 4) is 0 Å². The molecule has 1 aliphatic rings. The molecule has 1 aliphatic heterocycles. The molecule has 1 fully saturated rings. The summed E-state index contributed by atoms with van der Waals surface area (Å²) in [6, 6.07) is 10.9. The summed E-state index contributed by atoms with van der Waals surface area (Å²) in [6.45, 7) is 0.629. The fourth-order valence-electron chi connectivity index (χ4n) is 3.82. The van der Waals surface area contributed by atoms with Crippen LogP contribution < -0.4 is 5.56 Å². The predicted octanol–water partition coefficient (Wildman–Crippen LogP) is 2.79. The van der Waals surface area contributed by atoms with E-state index in [1.807, 2.05) is 0 Å². The van der Waals surface area contributed by atoms with Crippen LogP contribution in [0.5, 0.6) is 0 Å². The van der Waals surface area contributed by atoms with Gasteiger partial charge in [0.05, 0.1) is 30.3 Å². The van der Waals surface area contributed by atoms with E-state index in [9.17, 15) is 19.1 Å². The molecule has 1 aromatic heterocycles. The third-order valence-corrected chi connectivity index (χ3v) is 5.71. The van der Waals surface area contributed by atoms with Crippen LogP contribution in [0.3, 0.4) is 0 Å². The summed E-state index contributed by atoms with van der Waals surface area (Å²) in [7, 11) is 0. The standard InChI is InChI=1S/C22H21ClFN3O3/c23-16-4-7-18-19(11-16)25-14-27(21(18)29)13-22(30)9-10-26(12-22)20(28)8-3-15-1-5-17(24)6-2-15/h1-2,4-7,11,14,30H,3,8-10,12-13H2. The molecule has 0 radical (unpaired) electrons. The predicted molar refractivity (Wildman–Crippen MR) is 112 cm³/mol. The second-order valence-electron chi connectivity index (χ2n) is 7.76. The molecule has 6 nitrogen and oxygen atoms in total. The van der Waals surface area contributed by atoms with Gasteiger partial charge in [-0.25, -0.2) is 9.37 Å². The van der Waals surface area contributed by atoms with Gasteiger partial charge >= 0.3 is 0 Å². The smallest absolute Gasteiger partial charge is 0.261 e. The highest BCUT2D eigenvalue weighted by atomic mass is 35.5. The minimum Gasteiger partial charge on any atom is -0.386 e. The number of fused-ring (bicyclic) bond motifs is 1. The van der Waals surface area contributed by atoms with Crippen molar-refractivity contribution in [1.82, 2.24) is 14.5 Å². The van der Waals surface area contributed by atoms with Gasteiger partial charge in [-0.05, 0) is 48.7 Å². The van der Waals surface area contributed by atoms with Crippen LogP contribution in [0.2, 0.25) is 5.02 Å². The first-order valence-corrected chi connectivity index (χ1v) is 10.1. The third kappa shape index (κ3) is 4.37. The molecule has 1 N–H and O–H groups in total. The number of likely N-dealkylation sites (tertiary alicyclic amines) is 1. The third-order valence-electron chi connectivity index (χ3n) is 5.48. The molecule has 0 spiro atoms. The molecule has 0 bridgehead atoms. The van der Waals surface area contributed by atoms with Crippen molar-refractivity contribution in [3.05, 3.63) is 75.5 Å². The Balaban J connectivity index is 1.41. The number of rotatable bonds is 5. The minimum atomic E-state index is -1.20. The van der Waals surface area contributed by atoms with Gasteiger partial charge in [-0.3, -0.25) is 14.2 Å². The lowest BCUT2D eigenvalue weighted by atomic mass is 10.0. The van der Waals surface area contributed by atoms with Crippen LogP contribution in [0, 0.1) is 5.82 Å². The SMILES string of the molecule is O=C(CCc1ccc(F)cc1)N1CCC(O)(Cn2cnc3cc(Cl)ccc3c2=O)C1. The largest absolute Gasteiger partial charge is 0.386 e. The molecule has 156 valence electrons. The van der Waals surface area contributed by atoms with Crippen LogP contribution in [0.1, 0.15) is 18.4 Å². The molecule has 0 saturated carbocycles. The average Bonchev–Trinajstić information content (AvgIpc) is 3.11. The van der Waals surface area contributed by atoms with Crippen molar-refractivity contribution in [3.63, 3.8) is 0 Å². The lowest BCUT2D eigenvalue weighted by molar-refractivity contribution is -0.131. The molecule has 2 heterocycles. The molecule has 30 heavy (non-hydrogen) atoms. The summed E-state index contributed by atoms with van der Waals surface area (Å²) in [5, 5.41) is 11.9. The van der Waals surface area contributed by atoms with Gasteiger partial charge in [0, 0.05) is 18.0 Å². The first kappa shape index (κ1) is 20.5. The summed E-state index contributed by atoms with van der Waals surface area (Å²) >= 11 is 5.94. The number of aryl methyl sites for hydroxylation is 1. The second-order valence-corrected chi connectivity index (χ2v) is 8.19. The summed E-state index contributed by atoms with van der Waals surface area (Å²) in [5.74, 6) is -0.384. The van der Waals surface area contributed by atoms with Gasteiger partial charge in [0.25, 0.3) is 5.56 Å². The van der Waals surface area contributed by atoms with E-state index < -0.39 is 5.60 Å². The summed E-state index contributed by atoms with van der Waals surface area (Å²) in [4.78, 5) is 31.2. The maximum Gasteiger partial charge on any atom is 0.261 e. The number of β-amino-alcohol motifs (C(OH)–C–C–N with tert-alkyl or cyclic N) is 1. The summed E-state index contributed by atoms with van der Waals surface area (Å²) in [6.07, 6.45) is 2.56. The van der Waals surface area contributed by atoms with E-state index in [4.69, 9.17) is 11.6 Å². The van der Waals surface area contributed by atoms with Crippen LogP contribution in [-0.4, -0.2) is 44.2 Å². The quantitative estimate of drug-likeness (QED) is 0.676. The fourth-order valence-corrected chi connectivity index (χ4v) is 3.99. The number of nitrogens with zero attached hydrogens (tertiary/aromatic N) is 3.